The molecule has 0 saturated carbocycles. The fourth-order valence-electron chi connectivity index (χ4n) is 3.54. The van der Waals surface area contributed by atoms with Gasteiger partial charge in [0, 0.05) is 10.7 Å². The lowest BCUT2D eigenvalue weighted by Gasteiger charge is -2.13. The first-order chi connectivity index (χ1) is 17.5. The summed E-state index contributed by atoms with van der Waals surface area (Å²) in [6, 6.07) is 26.1. The predicted molar refractivity (Wildman–Crippen MR) is 142 cm³/mol. The largest absolute Gasteiger partial charge is 0.490 e. The zero-order valence-corrected chi connectivity index (χ0v) is 20.3. The number of nitrogens with zero attached hydrogens (tertiary/aromatic N) is 1. The van der Waals surface area contributed by atoms with E-state index in [4.69, 9.17) is 21.1 Å². The summed E-state index contributed by atoms with van der Waals surface area (Å²) < 4.78 is 11.8. The van der Waals surface area contributed by atoms with Crippen molar-refractivity contribution in [3.8, 4) is 11.5 Å². The molecule has 2 N–H and O–H groups in total. The van der Waals surface area contributed by atoms with Crippen molar-refractivity contribution in [2.45, 2.75) is 13.5 Å². The second-order valence-corrected chi connectivity index (χ2v) is 8.17. The minimum atomic E-state index is -0.911. The van der Waals surface area contributed by atoms with E-state index in [0.717, 1.165) is 16.3 Å². The minimum absolute atomic E-state index is 0.382. The molecule has 4 aromatic carbocycles. The first-order valence-corrected chi connectivity index (χ1v) is 11.7. The van der Waals surface area contributed by atoms with E-state index < -0.39 is 11.8 Å². The van der Waals surface area contributed by atoms with Crippen LogP contribution in [0.1, 0.15) is 18.1 Å². The standard InChI is InChI=1S/C28H24ClN3O4/c1-2-35-26-15-19(17-30-32-28(34)27(33)31-23-11-6-10-22(29)16-23)13-14-25(26)36-18-21-9-5-8-20-7-3-4-12-24(20)21/h3-17H,2,18H2,1H3,(H,31,33)(H,32,34). The lowest BCUT2D eigenvalue weighted by molar-refractivity contribution is -0.136. The van der Waals surface area contributed by atoms with Crippen molar-refractivity contribution in [3.63, 3.8) is 0 Å². The lowest BCUT2D eigenvalue weighted by Crippen LogP contribution is -2.32. The molecule has 7 nitrogen and oxygen atoms in total. The zero-order valence-electron chi connectivity index (χ0n) is 19.5. The van der Waals surface area contributed by atoms with Crippen molar-refractivity contribution >= 4 is 46.1 Å². The predicted octanol–water partition coefficient (Wildman–Crippen LogP) is 5.56. The van der Waals surface area contributed by atoms with Crippen LogP contribution >= 0.6 is 11.6 Å². The molecule has 0 saturated heterocycles. The molecule has 0 spiro atoms. The topological polar surface area (TPSA) is 89.0 Å². The summed E-state index contributed by atoms with van der Waals surface area (Å²) in [5.41, 5.74) is 4.35. The monoisotopic (exact) mass is 501 g/mol. The van der Waals surface area contributed by atoms with E-state index in [0.29, 0.717) is 41.0 Å². The minimum Gasteiger partial charge on any atom is -0.490 e. The van der Waals surface area contributed by atoms with Gasteiger partial charge < -0.3 is 14.8 Å². The molecule has 182 valence electrons. The highest BCUT2D eigenvalue weighted by Gasteiger charge is 2.13. The van der Waals surface area contributed by atoms with E-state index in [9.17, 15) is 9.59 Å². The van der Waals surface area contributed by atoms with Gasteiger partial charge in [-0.2, -0.15) is 5.10 Å². The van der Waals surface area contributed by atoms with Crippen LogP contribution in [0.4, 0.5) is 5.69 Å². The summed E-state index contributed by atoms with van der Waals surface area (Å²) in [4.78, 5) is 24.1. The molecule has 0 aliphatic heterocycles. The molecule has 0 radical (unpaired) electrons. The summed E-state index contributed by atoms with van der Waals surface area (Å²) in [7, 11) is 0. The molecule has 0 aliphatic rings. The van der Waals surface area contributed by atoms with Gasteiger partial charge in [-0.3, -0.25) is 9.59 Å². The van der Waals surface area contributed by atoms with E-state index >= 15 is 0 Å². The number of benzene rings is 4. The van der Waals surface area contributed by atoms with E-state index in [-0.39, 0.29) is 0 Å². The molecule has 0 aliphatic carbocycles. The molecule has 0 unspecified atom stereocenters. The number of carbonyl (C=O) groups is 2. The second kappa shape index (κ2) is 11.9. The van der Waals surface area contributed by atoms with Crippen molar-refractivity contribution in [3.05, 3.63) is 101 Å². The quantitative estimate of drug-likeness (QED) is 0.188. The van der Waals surface area contributed by atoms with Crippen LogP contribution in [0.25, 0.3) is 10.8 Å². The number of rotatable bonds is 8. The second-order valence-electron chi connectivity index (χ2n) is 7.73. The molecular formula is C28H24ClN3O4. The van der Waals surface area contributed by atoms with Crippen LogP contribution in [0.3, 0.4) is 0 Å². The third kappa shape index (κ3) is 6.40. The Labute approximate surface area is 213 Å². The van der Waals surface area contributed by atoms with Crippen LogP contribution in [-0.4, -0.2) is 24.6 Å². The maximum atomic E-state index is 12.0. The van der Waals surface area contributed by atoms with E-state index in [1.807, 2.05) is 31.2 Å². The number of fused-ring (bicyclic) bond motifs is 1. The van der Waals surface area contributed by atoms with E-state index in [1.165, 1.54) is 12.3 Å². The summed E-state index contributed by atoms with van der Waals surface area (Å²) in [6.45, 7) is 2.71. The smallest absolute Gasteiger partial charge is 0.329 e. The van der Waals surface area contributed by atoms with Crippen LogP contribution in [0.15, 0.2) is 90.0 Å². The Morgan fingerprint density at radius 2 is 1.69 bits per heavy atom. The molecule has 0 bridgehead atoms. The van der Waals surface area contributed by atoms with E-state index in [1.54, 1.807) is 36.4 Å². The molecule has 8 heteroatoms. The van der Waals surface area contributed by atoms with Crippen LogP contribution in [0, 0.1) is 0 Å². The van der Waals surface area contributed by atoms with Crippen LogP contribution in [-0.2, 0) is 16.2 Å². The molecular weight excluding hydrogens is 478 g/mol. The number of carbonyl (C=O) groups excluding carboxylic acids is 2. The maximum absolute atomic E-state index is 12.0. The molecule has 0 heterocycles. The zero-order chi connectivity index (χ0) is 25.3. The van der Waals surface area contributed by atoms with E-state index in [2.05, 4.69) is 34.0 Å². The van der Waals surface area contributed by atoms with Gasteiger partial charge in [0.2, 0.25) is 0 Å². The van der Waals surface area contributed by atoms with Gasteiger partial charge in [-0.25, -0.2) is 5.43 Å². The normalized spacial score (nSPS) is 10.8. The number of hydrazone groups is 1. The Hall–Kier alpha value is -4.36. The number of amides is 2. The Bertz CT molecular complexity index is 1420. The average Bonchev–Trinajstić information content (AvgIpc) is 2.88. The molecule has 0 aromatic heterocycles. The first kappa shape index (κ1) is 24.8. The molecule has 0 atom stereocenters. The fraction of sp³-hybridized carbons (Fsp3) is 0.107. The Morgan fingerprint density at radius 1 is 0.889 bits per heavy atom. The number of hydrogen-bond acceptors (Lipinski definition) is 5. The number of hydrogen-bond donors (Lipinski definition) is 2. The average molecular weight is 502 g/mol. The maximum Gasteiger partial charge on any atom is 0.329 e. The van der Waals surface area contributed by atoms with Gasteiger partial charge in [-0.15, -0.1) is 0 Å². The first-order valence-electron chi connectivity index (χ1n) is 11.3. The molecule has 36 heavy (non-hydrogen) atoms. The van der Waals surface area contributed by atoms with Gasteiger partial charge in [0.1, 0.15) is 6.61 Å². The SMILES string of the molecule is CCOc1cc(C=NNC(=O)C(=O)Nc2cccc(Cl)c2)ccc1OCc1cccc2ccccc12. The third-order valence-electron chi connectivity index (χ3n) is 5.20. The van der Waals surface area contributed by atoms with Gasteiger partial charge in [0.05, 0.1) is 12.8 Å². The highest BCUT2D eigenvalue weighted by atomic mass is 35.5. The van der Waals surface area contributed by atoms with Gasteiger partial charge >= 0.3 is 11.8 Å². The van der Waals surface area contributed by atoms with Crippen molar-refractivity contribution in [1.82, 2.24) is 5.43 Å². The number of ether oxygens (including phenoxy) is 2. The van der Waals surface area contributed by atoms with Crippen molar-refractivity contribution < 1.29 is 19.1 Å². The van der Waals surface area contributed by atoms with Crippen molar-refractivity contribution in [2.75, 3.05) is 11.9 Å². The lowest BCUT2D eigenvalue weighted by atomic mass is 10.1. The molecule has 2 amide bonds. The molecule has 0 fully saturated rings. The summed E-state index contributed by atoms with van der Waals surface area (Å²) in [5.74, 6) is -0.633. The number of nitrogens with one attached hydrogen (secondary N) is 2. The summed E-state index contributed by atoms with van der Waals surface area (Å²) in [5, 5.41) is 9.06. The third-order valence-corrected chi connectivity index (χ3v) is 5.43. The summed E-state index contributed by atoms with van der Waals surface area (Å²) >= 11 is 5.89. The number of halogens is 1. The molecule has 4 rings (SSSR count). The van der Waals surface area contributed by atoms with Gasteiger partial charge in [0.15, 0.2) is 11.5 Å². The van der Waals surface area contributed by atoms with Crippen LogP contribution < -0.4 is 20.2 Å². The Kier molecular flexibility index (Phi) is 8.16. The van der Waals surface area contributed by atoms with Crippen LogP contribution in [0.2, 0.25) is 5.02 Å². The number of anilines is 1. The van der Waals surface area contributed by atoms with Gasteiger partial charge in [-0.05, 0) is 65.2 Å². The summed E-state index contributed by atoms with van der Waals surface area (Å²) in [6.07, 6.45) is 1.42. The van der Waals surface area contributed by atoms with Gasteiger partial charge in [0.25, 0.3) is 0 Å². The van der Waals surface area contributed by atoms with Gasteiger partial charge in [-0.1, -0.05) is 60.1 Å². The van der Waals surface area contributed by atoms with Crippen LogP contribution in [0.5, 0.6) is 11.5 Å². The fourth-order valence-corrected chi connectivity index (χ4v) is 3.73. The van der Waals surface area contributed by atoms with Crippen molar-refractivity contribution in [2.24, 2.45) is 5.10 Å². The Morgan fingerprint density at radius 3 is 2.53 bits per heavy atom. The molecule has 4 aromatic rings. The highest BCUT2D eigenvalue weighted by molar-refractivity contribution is 6.39. The van der Waals surface area contributed by atoms with Crippen molar-refractivity contribution in [1.29, 1.82) is 0 Å². The Balaban J connectivity index is 1.39. The highest BCUT2D eigenvalue weighted by Crippen LogP contribution is 2.30.